The van der Waals surface area contributed by atoms with Gasteiger partial charge in [-0.1, -0.05) is 26.8 Å². The van der Waals surface area contributed by atoms with Crippen LogP contribution in [0.2, 0.25) is 0 Å². The standard InChI is InChI=1S/C20H33N3O3S/c1-5-12-22-13-10-17(11-14-22)21-20(24)19-15-18(9-8-16(19)4)27(25,26)23(6-2)7-3/h8-9,15,17H,5-7,10-14H2,1-4H3,(H,21,24). The summed E-state index contributed by atoms with van der Waals surface area (Å²) in [6.45, 7) is 11.5. The van der Waals surface area contributed by atoms with Gasteiger partial charge in [0, 0.05) is 37.8 Å². The van der Waals surface area contributed by atoms with Crippen molar-refractivity contribution in [1.82, 2.24) is 14.5 Å². The normalized spacial score (nSPS) is 16.6. The maximum Gasteiger partial charge on any atom is 0.251 e. The van der Waals surface area contributed by atoms with E-state index in [1.807, 2.05) is 20.8 Å². The van der Waals surface area contributed by atoms with E-state index in [-0.39, 0.29) is 16.8 Å². The van der Waals surface area contributed by atoms with Gasteiger partial charge in [0.05, 0.1) is 4.90 Å². The topological polar surface area (TPSA) is 69.7 Å². The largest absolute Gasteiger partial charge is 0.349 e. The lowest BCUT2D eigenvalue weighted by molar-refractivity contribution is 0.0910. The fourth-order valence-corrected chi connectivity index (χ4v) is 5.08. The van der Waals surface area contributed by atoms with Crippen molar-refractivity contribution >= 4 is 15.9 Å². The second-order valence-electron chi connectivity index (χ2n) is 7.16. The van der Waals surface area contributed by atoms with Crippen LogP contribution in [-0.2, 0) is 10.0 Å². The van der Waals surface area contributed by atoms with E-state index in [0.717, 1.165) is 44.5 Å². The molecule has 1 aliphatic rings. The van der Waals surface area contributed by atoms with Crippen molar-refractivity contribution < 1.29 is 13.2 Å². The average Bonchev–Trinajstić information content (AvgIpc) is 2.64. The van der Waals surface area contributed by atoms with E-state index < -0.39 is 10.0 Å². The first kappa shape index (κ1) is 21.9. The molecule has 1 amide bonds. The van der Waals surface area contributed by atoms with E-state index in [1.54, 1.807) is 12.1 Å². The molecule has 1 saturated heterocycles. The Kier molecular flexibility index (Phi) is 7.82. The molecule has 0 saturated carbocycles. The minimum absolute atomic E-state index is 0.146. The lowest BCUT2D eigenvalue weighted by Crippen LogP contribution is -2.45. The van der Waals surface area contributed by atoms with E-state index in [4.69, 9.17) is 0 Å². The Hall–Kier alpha value is -1.44. The van der Waals surface area contributed by atoms with Crippen molar-refractivity contribution in [2.24, 2.45) is 0 Å². The summed E-state index contributed by atoms with van der Waals surface area (Å²) in [6.07, 6.45) is 3.01. The summed E-state index contributed by atoms with van der Waals surface area (Å²) in [7, 11) is -3.57. The van der Waals surface area contributed by atoms with Gasteiger partial charge >= 0.3 is 0 Å². The molecule has 0 radical (unpaired) electrons. The van der Waals surface area contributed by atoms with E-state index in [1.165, 1.54) is 10.4 Å². The third-order valence-corrected chi connectivity index (χ3v) is 7.31. The van der Waals surface area contributed by atoms with E-state index in [2.05, 4.69) is 17.1 Å². The van der Waals surface area contributed by atoms with Crippen LogP contribution in [0.25, 0.3) is 0 Å². The quantitative estimate of drug-likeness (QED) is 0.735. The number of hydrogen-bond donors (Lipinski definition) is 1. The Morgan fingerprint density at radius 3 is 2.37 bits per heavy atom. The number of carbonyl (C=O) groups excluding carboxylic acids is 1. The number of likely N-dealkylation sites (tertiary alicyclic amines) is 1. The maximum absolute atomic E-state index is 12.8. The molecule has 27 heavy (non-hydrogen) atoms. The summed E-state index contributed by atoms with van der Waals surface area (Å²) in [5.74, 6) is -0.182. The number of piperidine rings is 1. The smallest absolute Gasteiger partial charge is 0.251 e. The number of aryl methyl sites for hydroxylation is 1. The number of nitrogens with one attached hydrogen (secondary N) is 1. The summed E-state index contributed by atoms with van der Waals surface area (Å²) in [5.41, 5.74) is 1.23. The van der Waals surface area contributed by atoms with Crippen molar-refractivity contribution in [2.45, 2.75) is 57.9 Å². The van der Waals surface area contributed by atoms with Gasteiger partial charge in [-0.3, -0.25) is 4.79 Å². The third kappa shape index (κ3) is 5.30. The van der Waals surface area contributed by atoms with Crippen molar-refractivity contribution in [1.29, 1.82) is 0 Å². The molecule has 1 aliphatic heterocycles. The first-order chi connectivity index (χ1) is 12.8. The summed E-state index contributed by atoms with van der Waals surface area (Å²) in [4.78, 5) is 15.4. The van der Waals surface area contributed by atoms with Gasteiger partial charge in [-0.05, 0) is 50.4 Å². The molecule has 0 bridgehead atoms. The highest BCUT2D eigenvalue weighted by Crippen LogP contribution is 2.20. The van der Waals surface area contributed by atoms with Crippen LogP contribution >= 0.6 is 0 Å². The van der Waals surface area contributed by atoms with Crippen molar-refractivity contribution in [3.05, 3.63) is 29.3 Å². The predicted molar refractivity (Wildman–Crippen MR) is 109 cm³/mol. The van der Waals surface area contributed by atoms with Gasteiger partial charge in [-0.25, -0.2) is 8.42 Å². The van der Waals surface area contributed by atoms with Crippen molar-refractivity contribution in [2.75, 3.05) is 32.7 Å². The Morgan fingerprint density at radius 1 is 1.19 bits per heavy atom. The number of rotatable bonds is 8. The predicted octanol–water partition coefficient (Wildman–Crippen LogP) is 2.63. The Balaban J connectivity index is 2.13. The highest BCUT2D eigenvalue weighted by Gasteiger charge is 2.25. The number of sulfonamides is 1. The molecule has 0 aliphatic carbocycles. The lowest BCUT2D eigenvalue weighted by Gasteiger charge is -2.32. The molecule has 0 unspecified atom stereocenters. The zero-order valence-electron chi connectivity index (χ0n) is 17.0. The van der Waals surface area contributed by atoms with Crippen LogP contribution in [0, 0.1) is 6.92 Å². The van der Waals surface area contributed by atoms with Crippen LogP contribution in [0.1, 0.15) is 56.0 Å². The highest BCUT2D eigenvalue weighted by molar-refractivity contribution is 7.89. The molecule has 1 fully saturated rings. The minimum Gasteiger partial charge on any atom is -0.349 e. The molecule has 0 atom stereocenters. The minimum atomic E-state index is -3.57. The fourth-order valence-electron chi connectivity index (χ4n) is 3.60. The molecule has 6 nitrogen and oxygen atoms in total. The Labute approximate surface area is 164 Å². The second-order valence-corrected chi connectivity index (χ2v) is 9.09. The van der Waals surface area contributed by atoms with Crippen LogP contribution in [-0.4, -0.2) is 62.3 Å². The lowest BCUT2D eigenvalue weighted by atomic mass is 10.0. The van der Waals surface area contributed by atoms with Gasteiger partial charge in [0.1, 0.15) is 0 Å². The molecule has 0 spiro atoms. The van der Waals surface area contributed by atoms with Crippen molar-refractivity contribution in [3.8, 4) is 0 Å². The molecule has 7 heteroatoms. The zero-order chi connectivity index (χ0) is 20.0. The highest BCUT2D eigenvalue weighted by atomic mass is 32.2. The molecular formula is C20H33N3O3S. The number of carbonyl (C=O) groups is 1. The number of nitrogens with zero attached hydrogens (tertiary/aromatic N) is 2. The number of hydrogen-bond acceptors (Lipinski definition) is 4. The number of benzene rings is 1. The third-order valence-electron chi connectivity index (χ3n) is 5.26. The van der Waals surface area contributed by atoms with E-state index in [9.17, 15) is 13.2 Å². The molecule has 152 valence electrons. The summed E-state index contributed by atoms with van der Waals surface area (Å²) >= 11 is 0. The first-order valence-corrected chi connectivity index (χ1v) is 11.4. The number of amides is 1. The van der Waals surface area contributed by atoms with Gasteiger partial charge in [0.15, 0.2) is 0 Å². The van der Waals surface area contributed by atoms with Crippen LogP contribution in [0.4, 0.5) is 0 Å². The summed E-state index contributed by atoms with van der Waals surface area (Å²) in [5, 5.41) is 3.10. The molecule has 1 aromatic carbocycles. The van der Waals surface area contributed by atoms with Gasteiger partial charge in [0.2, 0.25) is 10.0 Å². The SMILES string of the molecule is CCCN1CCC(NC(=O)c2cc(S(=O)(=O)N(CC)CC)ccc2C)CC1. The summed E-state index contributed by atoms with van der Waals surface area (Å²) < 4.78 is 26.9. The maximum atomic E-state index is 12.8. The van der Waals surface area contributed by atoms with Gasteiger partial charge in [0.25, 0.3) is 5.91 Å². The van der Waals surface area contributed by atoms with Gasteiger partial charge < -0.3 is 10.2 Å². The van der Waals surface area contributed by atoms with Crippen LogP contribution in [0.3, 0.4) is 0 Å². The molecule has 1 N–H and O–H groups in total. The molecule has 1 heterocycles. The van der Waals surface area contributed by atoms with Crippen LogP contribution in [0.5, 0.6) is 0 Å². The molecule has 2 rings (SSSR count). The molecule has 0 aromatic heterocycles. The van der Waals surface area contributed by atoms with Gasteiger partial charge in [-0.2, -0.15) is 4.31 Å². The molecular weight excluding hydrogens is 362 g/mol. The zero-order valence-corrected chi connectivity index (χ0v) is 17.8. The average molecular weight is 396 g/mol. The monoisotopic (exact) mass is 395 g/mol. The first-order valence-electron chi connectivity index (χ1n) is 9.97. The van der Waals surface area contributed by atoms with Crippen LogP contribution in [0.15, 0.2) is 23.1 Å². The van der Waals surface area contributed by atoms with E-state index >= 15 is 0 Å². The second kappa shape index (κ2) is 9.66. The van der Waals surface area contributed by atoms with Crippen molar-refractivity contribution in [3.63, 3.8) is 0 Å². The van der Waals surface area contributed by atoms with E-state index in [0.29, 0.717) is 18.7 Å². The Bertz CT molecular complexity index is 737. The van der Waals surface area contributed by atoms with Gasteiger partial charge in [-0.15, -0.1) is 0 Å². The fraction of sp³-hybridized carbons (Fsp3) is 0.650. The van der Waals surface area contributed by atoms with Crippen LogP contribution < -0.4 is 5.32 Å². The Morgan fingerprint density at radius 2 is 1.81 bits per heavy atom. The summed E-state index contributed by atoms with van der Waals surface area (Å²) in [6, 6.07) is 4.97. The molecule has 1 aromatic rings.